The highest BCUT2D eigenvalue weighted by Gasteiger charge is 2.30. The van der Waals surface area contributed by atoms with Crippen LogP contribution in [0.15, 0.2) is 36.4 Å². The van der Waals surface area contributed by atoms with E-state index in [0.29, 0.717) is 17.9 Å². The fourth-order valence-electron chi connectivity index (χ4n) is 4.49. The maximum atomic E-state index is 13.3. The van der Waals surface area contributed by atoms with Gasteiger partial charge in [-0.25, -0.2) is 0 Å². The van der Waals surface area contributed by atoms with Gasteiger partial charge in [0.2, 0.25) is 0 Å². The molecule has 2 aromatic carbocycles. The lowest BCUT2D eigenvalue weighted by Gasteiger charge is -2.31. The average Bonchev–Trinajstić information content (AvgIpc) is 2.90. The molecule has 1 radical (unpaired) electrons. The van der Waals surface area contributed by atoms with Crippen LogP contribution in [-0.4, -0.2) is 35.7 Å². The van der Waals surface area contributed by atoms with Crippen LogP contribution in [0.5, 0.6) is 17.2 Å². The van der Waals surface area contributed by atoms with E-state index in [1.165, 1.54) is 5.56 Å². The van der Waals surface area contributed by atoms with Crippen LogP contribution in [0.25, 0.3) is 0 Å². The topological polar surface area (TPSA) is 109 Å². The van der Waals surface area contributed by atoms with Crippen LogP contribution >= 0.6 is 0 Å². The largest absolute Gasteiger partial charge is 0.508 e. The Morgan fingerprint density at radius 2 is 1.54 bits per heavy atom. The van der Waals surface area contributed by atoms with Crippen LogP contribution in [-0.2, 0) is 25.8 Å². The first kappa shape index (κ1) is 34.0. The average molecular weight is 568 g/mol. The van der Waals surface area contributed by atoms with Crippen molar-refractivity contribution in [2.75, 3.05) is 6.61 Å². The van der Waals surface area contributed by atoms with Gasteiger partial charge >= 0.3 is 0 Å². The summed E-state index contributed by atoms with van der Waals surface area (Å²) >= 11 is 0. The molecule has 7 nitrogen and oxygen atoms in total. The molecule has 0 spiro atoms. The van der Waals surface area contributed by atoms with Gasteiger partial charge in [-0.15, -0.1) is 0 Å². The van der Waals surface area contributed by atoms with Gasteiger partial charge in [0, 0.05) is 17.5 Å². The Hall–Kier alpha value is -3.22. The first-order valence-electron chi connectivity index (χ1n) is 14.8. The van der Waals surface area contributed by atoms with Crippen LogP contribution in [0.1, 0.15) is 112 Å². The molecule has 2 unspecified atom stereocenters. The second-order valence-corrected chi connectivity index (χ2v) is 13.2. The minimum Gasteiger partial charge on any atom is -0.508 e. The summed E-state index contributed by atoms with van der Waals surface area (Å²) in [7, 11) is 0. The minimum absolute atomic E-state index is 0.0108. The molecule has 0 fully saturated rings. The van der Waals surface area contributed by atoms with Gasteiger partial charge in [0.05, 0.1) is 6.61 Å². The number of carbonyl (C=O) groups excluding carboxylic acids is 2. The molecule has 227 valence electrons. The number of carbonyl (C=O) groups is 2. The standard InChI is InChI=1S/C34H51N2O5/c1-11-28(41-29-17-14-22(33(7,8)12-2)20-25(29)34(9,10)13-3)31(39)36-26(30(35)38)18-19-40-23-15-16-27(37)24(21-23)32(4,5)6/h14-17,20-21,26,28,35,37H,11-13,18-19H2,1-10H3,(H,36,39). The number of amides is 2. The van der Waals surface area contributed by atoms with Gasteiger partial charge in [-0.1, -0.05) is 81.4 Å². The molecule has 2 atom stereocenters. The van der Waals surface area contributed by atoms with Crippen molar-refractivity contribution in [2.24, 2.45) is 0 Å². The molecule has 0 aliphatic heterocycles. The van der Waals surface area contributed by atoms with E-state index >= 15 is 0 Å². The minimum atomic E-state index is -1.03. The summed E-state index contributed by atoms with van der Waals surface area (Å²) in [5.41, 5.74) is 10.3. The van der Waals surface area contributed by atoms with Crippen LogP contribution in [0, 0.1) is 0 Å². The summed E-state index contributed by atoms with van der Waals surface area (Å²) in [6.45, 7) is 21.1. The second-order valence-electron chi connectivity index (χ2n) is 13.2. The van der Waals surface area contributed by atoms with Gasteiger partial charge in [-0.05, 0) is 65.3 Å². The molecule has 0 heterocycles. The Morgan fingerprint density at radius 3 is 2.07 bits per heavy atom. The summed E-state index contributed by atoms with van der Waals surface area (Å²) in [5.74, 6) is 0.0725. The number of ether oxygens (including phenoxy) is 2. The van der Waals surface area contributed by atoms with E-state index in [9.17, 15) is 14.7 Å². The van der Waals surface area contributed by atoms with Gasteiger partial charge in [0.15, 0.2) is 6.10 Å². The Balaban J connectivity index is 2.18. The van der Waals surface area contributed by atoms with Gasteiger partial charge in [-0.3, -0.25) is 15.3 Å². The molecule has 7 heteroatoms. The van der Waals surface area contributed by atoms with Crippen molar-refractivity contribution in [3.63, 3.8) is 0 Å². The molecule has 0 saturated carbocycles. The number of aromatic hydroxyl groups is 1. The number of hydrogen-bond acceptors (Lipinski definition) is 5. The van der Waals surface area contributed by atoms with E-state index in [-0.39, 0.29) is 35.0 Å². The van der Waals surface area contributed by atoms with Gasteiger partial charge in [0.1, 0.15) is 23.3 Å². The molecule has 2 aromatic rings. The Labute approximate surface area is 247 Å². The number of phenolic OH excluding ortho intramolecular Hbond substituents is 1. The highest BCUT2D eigenvalue weighted by atomic mass is 16.5. The van der Waals surface area contributed by atoms with E-state index in [1.54, 1.807) is 18.2 Å². The number of rotatable bonds is 14. The summed E-state index contributed by atoms with van der Waals surface area (Å²) in [5, 5.41) is 12.9. The van der Waals surface area contributed by atoms with E-state index < -0.39 is 24.0 Å². The molecule has 0 aliphatic rings. The third-order valence-corrected chi connectivity index (χ3v) is 8.27. The lowest BCUT2D eigenvalue weighted by Crippen LogP contribution is -2.48. The highest BCUT2D eigenvalue weighted by molar-refractivity contribution is 5.88. The Kier molecular flexibility index (Phi) is 11.3. The lowest BCUT2D eigenvalue weighted by atomic mass is 9.76. The maximum absolute atomic E-state index is 13.3. The van der Waals surface area contributed by atoms with Crippen molar-refractivity contribution < 1.29 is 24.2 Å². The third-order valence-electron chi connectivity index (χ3n) is 8.27. The van der Waals surface area contributed by atoms with E-state index in [2.05, 4.69) is 59.0 Å². The molecule has 2 rings (SSSR count). The maximum Gasteiger partial charge on any atom is 0.261 e. The van der Waals surface area contributed by atoms with Gasteiger partial charge < -0.3 is 19.9 Å². The molecule has 0 aromatic heterocycles. The fourth-order valence-corrected chi connectivity index (χ4v) is 4.49. The zero-order chi connectivity index (χ0) is 31.2. The number of hydrogen-bond donors (Lipinski definition) is 2. The smallest absolute Gasteiger partial charge is 0.261 e. The summed E-state index contributed by atoms with van der Waals surface area (Å²) in [6.07, 6.45) is 1.61. The molecule has 2 amide bonds. The molecular formula is C34H51N2O5. The van der Waals surface area contributed by atoms with Crippen LogP contribution in [0.4, 0.5) is 0 Å². The van der Waals surface area contributed by atoms with Gasteiger partial charge in [-0.2, -0.15) is 0 Å². The SMILES string of the molecule is CCC(Oc1ccc(C(C)(C)CC)cc1C(C)(C)CC)C(=O)NC(CCOc1ccc(O)c(C(C)(C)C)c1)C([NH])=O. The number of phenols is 1. The zero-order valence-electron chi connectivity index (χ0n) is 26.7. The van der Waals surface area contributed by atoms with E-state index in [1.807, 2.05) is 33.8 Å². The van der Waals surface area contributed by atoms with Crippen molar-refractivity contribution in [2.45, 2.75) is 123 Å². The predicted octanol–water partition coefficient (Wildman–Crippen LogP) is 6.99. The normalized spacial score (nSPS) is 13.8. The number of benzene rings is 2. The Bertz CT molecular complexity index is 1200. The van der Waals surface area contributed by atoms with Crippen molar-refractivity contribution in [3.8, 4) is 17.2 Å². The molecule has 0 saturated heterocycles. The highest BCUT2D eigenvalue weighted by Crippen LogP contribution is 2.39. The van der Waals surface area contributed by atoms with Crippen LogP contribution < -0.4 is 20.5 Å². The van der Waals surface area contributed by atoms with Crippen molar-refractivity contribution in [1.29, 1.82) is 0 Å². The molecule has 0 bridgehead atoms. The van der Waals surface area contributed by atoms with E-state index in [4.69, 9.17) is 15.2 Å². The third kappa shape index (κ3) is 8.88. The first-order valence-corrected chi connectivity index (χ1v) is 14.8. The van der Waals surface area contributed by atoms with Crippen molar-refractivity contribution >= 4 is 11.8 Å². The van der Waals surface area contributed by atoms with E-state index in [0.717, 1.165) is 24.0 Å². The monoisotopic (exact) mass is 567 g/mol. The van der Waals surface area contributed by atoms with Crippen molar-refractivity contribution in [1.82, 2.24) is 11.1 Å². The molecular weight excluding hydrogens is 516 g/mol. The van der Waals surface area contributed by atoms with Gasteiger partial charge in [0.25, 0.3) is 11.8 Å². The predicted molar refractivity (Wildman–Crippen MR) is 165 cm³/mol. The lowest BCUT2D eigenvalue weighted by molar-refractivity contribution is -0.132. The first-order chi connectivity index (χ1) is 19.0. The fraction of sp³-hybridized carbons (Fsp3) is 0.588. The quantitative estimate of drug-likeness (QED) is 0.256. The second kappa shape index (κ2) is 13.6. The Morgan fingerprint density at radius 1 is 0.902 bits per heavy atom. The molecule has 0 aliphatic carbocycles. The summed E-state index contributed by atoms with van der Waals surface area (Å²) in [4.78, 5) is 25.4. The van der Waals surface area contributed by atoms with Crippen LogP contribution in [0.3, 0.4) is 0 Å². The molecule has 3 N–H and O–H groups in total. The summed E-state index contributed by atoms with van der Waals surface area (Å²) in [6, 6.07) is 10.2. The van der Waals surface area contributed by atoms with Crippen molar-refractivity contribution in [3.05, 3.63) is 53.1 Å². The number of nitrogens with one attached hydrogen (secondary N) is 2. The zero-order valence-corrected chi connectivity index (χ0v) is 26.7. The van der Waals surface area contributed by atoms with Crippen LogP contribution in [0.2, 0.25) is 0 Å². The molecule has 41 heavy (non-hydrogen) atoms. The summed E-state index contributed by atoms with van der Waals surface area (Å²) < 4.78 is 12.1.